The molecule has 0 aromatic carbocycles. The maximum absolute atomic E-state index is 12.7. The van der Waals surface area contributed by atoms with Crippen molar-refractivity contribution in [2.45, 2.75) is 57.2 Å². The Balaban J connectivity index is 1.37. The van der Waals surface area contributed by atoms with Crippen molar-refractivity contribution < 1.29 is 9.59 Å². The molecule has 0 saturated carbocycles. The maximum Gasteiger partial charge on any atom is 0.271 e. The molecule has 2 fully saturated rings. The second-order valence-electron chi connectivity index (χ2n) is 7.18. The van der Waals surface area contributed by atoms with E-state index in [0.29, 0.717) is 12.1 Å². The third-order valence-corrected chi connectivity index (χ3v) is 6.04. The number of carbonyl (C=O) groups is 2. The molecule has 2 aromatic heterocycles. The van der Waals surface area contributed by atoms with Gasteiger partial charge in [0.15, 0.2) is 0 Å². The van der Waals surface area contributed by atoms with Crippen molar-refractivity contribution in [2.24, 2.45) is 0 Å². The molecule has 2 atom stereocenters. The van der Waals surface area contributed by atoms with Crippen LogP contribution in [0, 0.1) is 6.92 Å². The highest BCUT2D eigenvalue weighted by Gasteiger charge is 2.43. The maximum atomic E-state index is 12.7. The van der Waals surface area contributed by atoms with Gasteiger partial charge in [-0.1, -0.05) is 0 Å². The summed E-state index contributed by atoms with van der Waals surface area (Å²) in [6, 6.07) is 2.57. The van der Waals surface area contributed by atoms with Crippen molar-refractivity contribution in [1.82, 2.24) is 20.2 Å². The van der Waals surface area contributed by atoms with Gasteiger partial charge >= 0.3 is 0 Å². The van der Waals surface area contributed by atoms with Gasteiger partial charge in [-0.15, -0.1) is 0 Å². The van der Waals surface area contributed by atoms with Gasteiger partial charge in [0.1, 0.15) is 5.69 Å². The Hall–Kier alpha value is -2.28. The highest BCUT2D eigenvalue weighted by Crippen LogP contribution is 2.36. The largest absolute Gasteiger partial charge is 0.348 e. The fourth-order valence-corrected chi connectivity index (χ4v) is 4.80. The second kappa shape index (κ2) is 7.15. The lowest BCUT2D eigenvalue weighted by Crippen LogP contribution is -2.52. The number of hydrogen-bond acceptors (Lipinski definition) is 5. The molecule has 2 aliphatic rings. The number of nitrogens with one attached hydrogen (secondary N) is 1. The molecule has 2 saturated heterocycles. The molecule has 2 aliphatic heterocycles. The molecule has 0 radical (unpaired) electrons. The first-order valence-electron chi connectivity index (χ1n) is 9.02. The summed E-state index contributed by atoms with van der Waals surface area (Å²) in [4.78, 5) is 35.5. The van der Waals surface area contributed by atoms with E-state index in [2.05, 4.69) is 20.2 Å². The average Bonchev–Trinajstić information content (AvgIpc) is 3.21. The summed E-state index contributed by atoms with van der Waals surface area (Å²) < 4.78 is 0. The van der Waals surface area contributed by atoms with Gasteiger partial charge in [-0.3, -0.25) is 14.6 Å². The van der Waals surface area contributed by atoms with Crippen LogP contribution in [-0.2, 0) is 11.2 Å². The van der Waals surface area contributed by atoms with Crippen LogP contribution in [0.4, 0.5) is 0 Å². The number of nitrogens with zero attached hydrogens (tertiary/aromatic N) is 3. The highest BCUT2D eigenvalue weighted by molar-refractivity contribution is 7.08. The van der Waals surface area contributed by atoms with Crippen molar-refractivity contribution in [1.29, 1.82) is 0 Å². The Kier molecular flexibility index (Phi) is 4.72. The predicted molar refractivity (Wildman–Crippen MR) is 98.9 cm³/mol. The minimum absolute atomic E-state index is 0.0910. The minimum Gasteiger partial charge on any atom is -0.348 e. The Labute approximate surface area is 156 Å². The summed E-state index contributed by atoms with van der Waals surface area (Å²) in [6.07, 6.45) is 7.27. The van der Waals surface area contributed by atoms with Crippen molar-refractivity contribution in [2.75, 3.05) is 0 Å². The van der Waals surface area contributed by atoms with Gasteiger partial charge in [0, 0.05) is 24.3 Å². The summed E-state index contributed by atoms with van der Waals surface area (Å²) >= 11 is 1.62. The van der Waals surface area contributed by atoms with E-state index < -0.39 is 0 Å². The predicted octanol–water partition coefficient (Wildman–Crippen LogP) is 2.34. The van der Waals surface area contributed by atoms with Crippen molar-refractivity contribution in [3.8, 4) is 0 Å². The monoisotopic (exact) mass is 370 g/mol. The molecular formula is C19H22N4O2S. The molecule has 0 aliphatic carbocycles. The van der Waals surface area contributed by atoms with Crippen molar-refractivity contribution >= 4 is 23.2 Å². The molecule has 4 heterocycles. The normalized spacial score (nSPS) is 24.5. The third kappa shape index (κ3) is 3.49. The van der Waals surface area contributed by atoms with Gasteiger partial charge in [-0.05, 0) is 55.0 Å². The zero-order valence-corrected chi connectivity index (χ0v) is 15.5. The molecule has 2 bridgehead atoms. The Morgan fingerprint density at radius 2 is 2.00 bits per heavy atom. The minimum atomic E-state index is -0.181. The zero-order chi connectivity index (χ0) is 18.1. The fourth-order valence-electron chi connectivity index (χ4n) is 4.13. The number of aromatic nitrogens is 2. The molecule has 2 aromatic rings. The Morgan fingerprint density at radius 3 is 2.62 bits per heavy atom. The van der Waals surface area contributed by atoms with Gasteiger partial charge in [0.25, 0.3) is 5.91 Å². The first-order valence-corrected chi connectivity index (χ1v) is 9.96. The van der Waals surface area contributed by atoms with Crippen molar-refractivity contribution in [3.05, 3.63) is 46.2 Å². The molecule has 0 spiro atoms. The van der Waals surface area contributed by atoms with E-state index in [4.69, 9.17) is 0 Å². The van der Waals surface area contributed by atoms with Crippen LogP contribution in [0.3, 0.4) is 0 Å². The van der Waals surface area contributed by atoms with E-state index in [-0.39, 0.29) is 29.9 Å². The molecule has 2 unspecified atom stereocenters. The third-order valence-electron chi connectivity index (χ3n) is 5.31. The number of aryl methyl sites for hydroxylation is 1. The van der Waals surface area contributed by atoms with Gasteiger partial charge < -0.3 is 10.2 Å². The molecule has 4 rings (SSSR count). The Morgan fingerprint density at radius 1 is 1.23 bits per heavy atom. The van der Waals surface area contributed by atoms with E-state index in [1.807, 2.05) is 23.8 Å². The lowest BCUT2D eigenvalue weighted by Gasteiger charge is -2.39. The van der Waals surface area contributed by atoms with Crippen LogP contribution in [0.2, 0.25) is 0 Å². The van der Waals surface area contributed by atoms with E-state index in [1.54, 1.807) is 17.5 Å². The number of amides is 2. The zero-order valence-electron chi connectivity index (χ0n) is 14.7. The van der Waals surface area contributed by atoms with Crippen LogP contribution in [0.1, 0.15) is 47.4 Å². The topological polar surface area (TPSA) is 75.2 Å². The smallest absolute Gasteiger partial charge is 0.271 e. The van der Waals surface area contributed by atoms with Crippen LogP contribution < -0.4 is 5.32 Å². The number of fused-ring (bicyclic) bond motifs is 2. The molecular weight excluding hydrogens is 348 g/mol. The molecule has 26 heavy (non-hydrogen) atoms. The number of thiophene rings is 1. The molecule has 6 nitrogen and oxygen atoms in total. The molecule has 136 valence electrons. The summed E-state index contributed by atoms with van der Waals surface area (Å²) in [6.45, 7) is 1.84. The fraction of sp³-hybridized carbons (Fsp3) is 0.474. The van der Waals surface area contributed by atoms with Crippen molar-refractivity contribution in [3.63, 3.8) is 0 Å². The summed E-state index contributed by atoms with van der Waals surface area (Å²) in [5, 5.41) is 7.13. The number of piperidine rings is 1. The summed E-state index contributed by atoms with van der Waals surface area (Å²) in [5.41, 5.74) is 2.23. The summed E-state index contributed by atoms with van der Waals surface area (Å²) in [5.74, 6) is 0.0324. The van der Waals surface area contributed by atoms with Crippen LogP contribution in [0.15, 0.2) is 29.2 Å². The Bertz CT molecular complexity index is 776. The average molecular weight is 370 g/mol. The lowest BCUT2D eigenvalue weighted by molar-refractivity contribution is -0.135. The molecule has 7 heteroatoms. The SMILES string of the molecule is Cc1cnc(C(=O)NC2CC3CCC(C2)N3C(=O)Cc2ccsc2)cn1. The van der Waals surface area contributed by atoms with Crippen LogP contribution in [-0.4, -0.2) is 44.8 Å². The van der Waals surface area contributed by atoms with Gasteiger partial charge in [-0.25, -0.2) is 4.98 Å². The first-order chi connectivity index (χ1) is 12.6. The lowest BCUT2D eigenvalue weighted by atomic mass is 9.96. The van der Waals surface area contributed by atoms with Gasteiger partial charge in [-0.2, -0.15) is 11.3 Å². The van der Waals surface area contributed by atoms with Gasteiger partial charge in [0.2, 0.25) is 5.91 Å². The quantitative estimate of drug-likeness (QED) is 0.896. The van der Waals surface area contributed by atoms with E-state index in [9.17, 15) is 9.59 Å². The van der Waals surface area contributed by atoms with E-state index in [1.165, 1.54) is 6.20 Å². The standard InChI is InChI=1S/C19H22N4O2S/c1-12-9-21-17(10-20-12)19(25)22-14-7-15-2-3-16(8-14)23(15)18(24)6-13-4-5-26-11-13/h4-5,9-11,14-16H,2-3,6-8H2,1H3,(H,22,25). The van der Waals surface area contributed by atoms with E-state index in [0.717, 1.165) is 36.9 Å². The highest BCUT2D eigenvalue weighted by atomic mass is 32.1. The second-order valence-corrected chi connectivity index (χ2v) is 7.96. The molecule has 2 amide bonds. The van der Waals surface area contributed by atoms with Gasteiger partial charge in [0.05, 0.1) is 18.3 Å². The molecule has 1 N–H and O–H groups in total. The van der Waals surface area contributed by atoms with Crippen LogP contribution in [0.25, 0.3) is 0 Å². The summed E-state index contributed by atoms with van der Waals surface area (Å²) in [7, 11) is 0. The first kappa shape index (κ1) is 17.1. The number of hydrogen-bond donors (Lipinski definition) is 1. The van der Waals surface area contributed by atoms with Crippen LogP contribution in [0.5, 0.6) is 0 Å². The number of rotatable bonds is 4. The van der Waals surface area contributed by atoms with Crippen LogP contribution >= 0.6 is 11.3 Å². The van der Waals surface area contributed by atoms with E-state index >= 15 is 0 Å². The number of carbonyl (C=O) groups excluding carboxylic acids is 2.